The van der Waals surface area contributed by atoms with Gasteiger partial charge in [-0.2, -0.15) is 10.2 Å². The molecular weight excluding hydrogens is 216 g/mol. The van der Waals surface area contributed by atoms with Gasteiger partial charge in [-0.15, -0.1) is 11.6 Å². The molecule has 0 aliphatic carbocycles. The van der Waals surface area contributed by atoms with Gasteiger partial charge in [0.25, 0.3) is 0 Å². The molecule has 0 aliphatic heterocycles. The molecule has 74 valence electrons. The Hall–Kier alpha value is -1.86. The fourth-order valence-electron chi connectivity index (χ4n) is 1.29. The van der Waals surface area contributed by atoms with Crippen LogP contribution in [0, 0.1) is 11.3 Å². The van der Waals surface area contributed by atoms with E-state index in [0.29, 0.717) is 16.7 Å². The lowest BCUT2D eigenvalue weighted by Gasteiger charge is -1.95. The number of hydrogen-bond acceptors (Lipinski definition) is 4. The van der Waals surface area contributed by atoms with Crippen molar-refractivity contribution in [1.29, 1.82) is 5.26 Å². The largest absolute Gasteiger partial charge is 0.428 e. The number of carbonyl (C=O) groups excluding carboxylic acids is 1. The molecule has 0 spiro atoms. The molecule has 5 heteroatoms. The number of halogens is 1. The van der Waals surface area contributed by atoms with Gasteiger partial charge in [0.15, 0.2) is 17.4 Å². The van der Waals surface area contributed by atoms with Crippen LogP contribution in [0.15, 0.2) is 22.6 Å². The zero-order chi connectivity index (χ0) is 10.8. The van der Waals surface area contributed by atoms with Crippen molar-refractivity contribution in [3.63, 3.8) is 0 Å². The van der Waals surface area contributed by atoms with Crippen molar-refractivity contribution in [2.45, 2.75) is 0 Å². The van der Waals surface area contributed by atoms with E-state index in [1.165, 1.54) is 0 Å². The van der Waals surface area contributed by atoms with Crippen LogP contribution >= 0.6 is 11.6 Å². The SMILES string of the molecule is N#Cc1nc2cccc(C(=O)CCl)c2o1. The molecule has 0 atom stereocenters. The van der Waals surface area contributed by atoms with E-state index >= 15 is 0 Å². The van der Waals surface area contributed by atoms with E-state index < -0.39 is 0 Å². The number of ketones is 1. The second-order valence-electron chi connectivity index (χ2n) is 2.84. The van der Waals surface area contributed by atoms with Gasteiger partial charge in [-0.3, -0.25) is 4.79 Å². The van der Waals surface area contributed by atoms with Crippen LogP contribution in [0.4, 0.5) is 0 Å². The number of carbonyl (C=O) groups is 1. The highest BCUT2D eigenvalue weighted by atomic mass is 35.5. The number of hydrogen-bond donors (Lipinski definition) is 0. The molecule has 0 aliphatic rings. The Morgan fingerprint density at radius 3 is 3.07 bits per heavy atom. The predicted octanol–water partition coefficient (Wildman–Crippen LogP) is 2.12. The number of aromatic nitrogens is 1. The van der Waals surface area contributed by atoms with Crippen LogP contribution in [-0.2, 0) is 0 Å². The summed E-state index contributed by atoms with van der Waals surface area (Å²) in [6.45, 7) is 0. The maximum atomic E-state index is 11.4. The molecule has 1 heterocycles. The zero-order valence-electron chi connectivity index (χ0n) is 7.53. The van der Waals surface area contributed by atoms with E-state index in [-0.39, 0.29) is 17.6 Å². The van der Waals surface area contributed by atoms with Crippen LogP contribution in [0.2, 0.25) is 0 Å². The van der Waals surface area contributed by atoms with Crippen LogP contribution in [0.5, 0.6) is 0 Å². The van der Waals surface area contributed by atoms with E-state index in [1.807, 2.05) is 0 Å². The lowest BCUT2D eigenvalue weighted by molar-refractivity contribution is 0.102. The number of Topliss-reactive ketones (excluding diaryl/α,β-unsaturated/α-hetero) is 1. The van der Waals surface area contributed by atoms with Crippen LogP contribution in [-0.4, -0.2) is 16.6 Å². The van der Waals surface area contributed by atoms with Crippen molar-refractivity contribution in [2.75, 3.05) is 5.88 Å². The number of nitrogens with zero attached hydrogens (tertiary/aromatic N) is 2. The monoisotopic (exact) mass is 220 g/mol. The van der Waals surface area contributed by atoms with Gasteiger partial charge in [-0.1, -0.05) is 6.07 Å². The molecule has 0 saturated heterocycles. The van der Waals surface area contributed by atoms with Gasteiger partial charge in [0.05, 0.1) is 11.4 Å². The normalized spacial score (nSPS) is 10.1. The summed E-state index contributed by atoms with van der Waals surface area (Å²) >= 11 is 5.45. The first-order valence-corrected chi connectivity index (χ1v) is 4.68. The van der Waals surface area contributed by atoms with Gasteiger partial charge >= 0.3 is 5.89 Å². The fourth-order valence-corrected chi connectivity index (χ4v) is 1.43. The molecule has 15 heavy (non-hydrogen) atoms. The van der Waals surface area contributed by atoms with Gasteiger partial charge in [-0.05, 0) is 12.1 Å². The molecule has 4 nitrogen and oxygen atoms in total. The van der Waals surface area contributed by atoms with Gasteiger partial charge in [0.1, 0.15) is 5.52 Å². The van der Waals surface area contributed by atoms with Gasteiger partial charge in [0, 0.05) is 0 Å². The third kappa shape index (κ3) is 1.58. The molecule has 0 bridgehead atoms. The Balaban J connectivity index is 2.71. The topological polar surface area (TPSA) is 66.9 Å². The highest BCUT2D eigenvalue weighted by Crippen LogP contribution is 2.20. The fraction of sp³-hybridized carbons (Fsp3) is 0.100. The molecule has 0 amide bonds. The van der Waals surface area contributed by atoms with Gasteiger partial charge in [0.2, 0.25) is 0 Å². The van der Waals surface area contributed by atoms with Crippen molar-refractivity contribution < 1.29 is 9.21 Å². The lowest BCUT2D eigenvalue weighted by Crippen LogP contribution is -1.99. The lowest BCUT2D eigenvalue weighted by atomic mass is 10.1. The number of rotatable bonds is 2. The van der Waals surface area contributed by atoms with E-state index in [2.05, 4.69) is 4.98 Å². The summed E-state index contributed by atoms with van der Waals surface area (Å²) in [6, 6.07) is 6.72. The first-order valence-electron chi connectivity index (χ1n) is 4.15. The highest BCUT2D eigenvalue weighted by Gasteiger charge is 2.14. The Kier molecular flexibility index (Phi) is 2.40. The average molecular weight is 221 g/mol. The molecule has 1 aromatic heterocycles. The molecule has 2 aromatic rings. The molecule has 0 radical (unpaired) electrons. The van der Waals surface area contributed by atoms with Crippen molar-refractivity contribution >= 4 is 28.5 Å². The second kappa shape index (κ2) is 3.71. The maximum Gasteiger partial charge on any atom is 0.301 e. The molecule has 1 aromatic carbocycles. The number of benzene rings is 1. The zero-order valence-corrected chi connectivity index (χ0v) is 8.28. The first-order chi connectivity index (χ1) is 7.26. The van der Waals surface area contributed by atoms with Crippen LogP contribution < -0.4 is 0 Å². The number of fused-ring (bicyclic) bond motifs is 1. The Morgan fingerprint density at radius 2 is 2.40 bits per heavy atom. The van der Waals surface area contributed by atoms with Crippen LogP contribution in [0.1, 0.15) is 16.2 Å². The summed E-state index contributed by atoms with van der Waals surface area (Å²) in [5.41, 5.74) is 1.17. The minimum absolute atomic E-state index is 0.0557. The van der Waals surface area contributed by atoms with E-state index in [9.17, 15) is 4.79 Å². The summed E-state index contributed by atoms with van der Waals surface area (Å²) in [7, 11) is 0. The number of alkyl halides is 1. The van der Waals surface area contributed by atoms with Crippen molar-refractivity contribution in [3.05, 3.63) is 29.7 Å². The second-order valence-corrected chi connectivity index (χ2v) is 3.11. The Labute approximate surface area is 90.1 Å². The summed E-state index contributed by atoms with van der Waals surface area (Å²) in [6.07, 6.45) is 0. The van der Waals surface area contributed by atoms with Crippen LogP contribution in [0.25, 0.3) is 11.1 Å². The number of para-hydroxylation sites is 1. The minimum Gasteiger partial charge on any atom is -0.428 e. The van der Waals surface area contributed by atoms with Gasteiger partial charge < -0.3 is 4.42 Å². The van der Waals surface area contributed by atoms with Crippen molar-refractivity contribution in [2.24, 2.45) is 0 Å². The number of nitriles is 1. The minimum atomic E-state index is -0.247. The average Bonchev–Trinajstić information content (AvgIpc) is 2.70. The number of oxazole rings is 1. The first kappa shape index (κ1) is 9.69. The third-order valence-corrected chi connectivity index (χ3v) is 2.18. The van der Waals surface area contributed by atoms with Crippen molar-refractivity contribution in [3.8, 4) is 6.07 Å². The van der Waals surface area contributed by atoms with Crippen LogP contribution in [0.3, 0.4) is 0 Å². The van der Waals surface area contributed by atoms with E-state index in [1.54, 1.807) is 24.3 Å². The van der Waals surface area contributed by atoms with Crippen molar-refractivity contribution in [1.82, 2.24) is 4.98 Å². The predicted molar refractivity (Wildman–Crippen MR) is 53.8 cm³/mol. The molecule has 0 fully saturated rings. The third-order valence-electron chi connectivity index (χ3n) is 1.93. The smallest absolute Gasteiger partial charge is 0.301 e. The quantitative estimate of drug-likeness (QED) is 0.574. The molecule has 0 unspecified atom stereocenters. The highest BCUT2D eigenvalue weighted by molar-refractivity contribution is 6.31. The van der Waals surface area contributed by atoms with E-state index in [0.717, 1.165) is 0 Å². The molecule has 0 saturated carbocycles. The molecule has 2 rings (SSSR count). The summed E-state index contributed by atoms with van der Waals surface area (Å²) in [4.78, 5) is 15.3. The summed E-state index contributed by atoms with van der Waals surface area (Å²) < 4.78 is 5.12. The Morgan fingerprint density at radius 1 is 1.60 bits per heavy atom. The van der Waals surface area contributed by atoms with Gasteiger partial charge in [-0.25, -0.2) is 0 Å². The summed E-state index contributed by atoms with van der Waals surface area (Å²) in [5.74, 6) is -0.426. The Bertz CT molecular complexity index is 568. The molecule has 0 N–H and O–H groups in total. The standard InChI is InChI=1S/C10H5ClN2O2/c11-4-8(14)6-2-1-3-7-10(6)15-9(5-12)13-7/h1-3H,4H2. The van der Waals surface area contributed by atoms with E-state index in [4.69, 9.17) is 21.3 Å². The molecular formula is C10H5ClN2O2. The maximum absolute atomic E-state index is 11.4. The summed E-state index contributed by atoms with van der Waals surface area (Å²) in [5, 5.41) is 8.61.